The first kappa shape index (κ1) is 20.5. The monoisotopic (exact) mass is 393 g/mol. The number of hydrogen-bond donors (Lipinski definition) is 1. The standard InChI is InChI=1S/C24H27NO4/c1-5-21(19-11-13-22(27-3)23(15-19)28-4)25-24(26)16(2)29-20-12-10-17-8-6-7-9-18(17)14-20/h6-16,21H,5H2,1-4H3,(H,25,26). The Labute approximate surface area is 171 Å². The van der Waals surface area contributed by atoms with E-state index in [-0.39, 0.29) is 11.9 Å². The second kappa shape index (κ2) is 9.32. The molecule has 0 spiro atoms. The molecule has 2 atom stereocenters. The summed E-state index contributed by atoms with van der Waals surface area (Å²) in [6.07, 6.45) is 0.120. The molecule has 1 N–H and O–H groups in total. The molecule has 0 saturated heterocycles. The van der Waals surface area contributed by atoms with Gasteiger partial charge >= 0.3 is 0 Å². The van der Waals surface area contributed by atoms with E-state index in [1.54, 1.807) is 21.1 Å². The lowest BCUT2D eigenvalue weighted by atomic mass is 10.0. The number of nitrogens with one attached hydrogen (secondary N) is 1. The van der Waals surface area contributed by atoms with Crippen LogP contribution in [0.5, 0.6) is 17.2 Å². The van der Waals surface area contributed by atoms with Gasteiger partial charge in [-0.1, -0.05) is 43.3 Å². The molecule has 3 aromatic carbocycles. The van der Waals surface area contributed by atoms with Crippen molar-refractivity contribution >= 4 is 16.7 Å². The van der Waals surface area contributed by atoms with E-state index in [0.717, 1.165) is 22.8 Å². The zero-order valence-electron chi connectivity index (χ0n) is 17.3. The molecule has 0 fully saturated rings. The molecule has 0 aromatic heterocycles. The second-order valence-electron chi connectivity index (χ2n) is 6.85. The number of benzene rings is 3. The molecule has 29 heavy (non-hydrogen) atoms. The molecule has 0 heterocycles. The average Bonchev–Trinajstić information content (AvgIpc) is 2.76. The molecule has 152 valence electrons. The summed E-state index contributed by atoms with van der Waals surface area (Å²) < 4.78 is 16.6. The molecule has 5 heteroatoms. The Morgan fingerprint density at radius 3 is 2.34 bits per heavy atom. The minimum absolute atomic E-state index is 0.148. The molecule has 3 aromatic rings. The summed E-state index contributed by atoms with van der Waals surface area (Å²) >= 11 is 0. The Balaban J connectivity index is 1.69. The summed E-state index contributed by atoms with van der Waals surface area (Å²) in [6, 6.07) is 19.4. The number of fused-ring (bicyclic) bond motifs is 1. The molecule has 0 aliphatic rings. The van der Waals surface area contributed by atoms with E-state index in [4.69, 9.17) is 14.2 Å². The smallest absolute Gasteiger partial charge is 0.261 e. The van der Waals surface area contributed by atoms with Crippen molar-refractivity contribution in [3.8, 4) is 17.2 Å². The van der Waals surface area contributed by atoms with Gasteiger partial charge in [0.15, 0.2) is 17.6 Å². The SMILES string of the molecule is CCC(NC(=O)C(C)Oc1ccc2ccccc2c1)c1ccc(OC)c(OC)c1. The minimum atomic E-state index is -0.620. The van der Waals surface area contributed by atoms with Crippen molar-refractivity contribution < 1.29 is 19.0 Å². The van der Waals surface area contributed by atoms with E-state index in [0.29, 0.717) is 17.2 Å². The highest BCUT2D eigenvalue weighted by Gasteiger charge is 2.20. The van der Waals surface area contributed by atoms with Gasteiger partial charge in [-0.15, -0.1) is 0 Å². The second-order valence-corrected chi connectivity index (χ2v) is 6.85. The van der Waals surface area contributed by atoms with Gasteiger partial charge in [-0.3, -0.25) is 4.79 Å². The van der Waals surface area contributed by atoms with Crippen LogP contribution in [0.15, 0.2) is 60.7 Å². The number of methoxy groups -OCH3 is 2. The maximum absolute atomic E-state index is 12.7. The number of carbonyl (C=O) groups excluding carboxylic acids is 1. The van der Waals surface area contributed by atoms with Gasteiger partial charge in [0.1, 0.15) is 5.75 Å². The van der Waals surface area contributed by atoms with E-state index in [9.17, 15) is 4.79 Å². The topological polar surface area (TPSA) is 56.8 Å². The zero-order chi connectivity index (χ0) is 20.8. The van der Waals surface area contributed by atoms with E-state index in [1.165, 1.54) is 0 Å². The Kier molecular flexibility index (Phi) is 6.60. The predicted molar refractivity (Wildman–Crippen MR) is 115 cm³/mol. The first-order chi connectivity index (χ1) is 14.0. The third-order valence-corrected chi connectivity index (χ3v) is 4.94. The Hall–Kier alpha value is -3.21. The molecule has 2 unspecified atom stereocenters. The molecule has 0 bridgehead atoms. The number of ether oxygens (including phenoxy) is 3. The lowest BCUT2D eigenvalue weighted by Gasteiger charge is -2.22. The molecule has 0 saturated carbocycles. The molecule has 1 amide bonds. The van der Waals surface area contributed by atoms with Gasteiger partial charge in [0.25, 0.3) is 5.91 Å². The van der Waals surface area contributed by atoms with Crippen molar-refractivity contribution in [3.63, 3.8) is 0 Å². The number of amides is 1. The summed E-state index contributed by atoms with van der Waals surface area (Å²) in [4.78, 5) is 12.7. The van der Waals surface area contributed by atoms with Crippen LogP contribution < -0.4 is 19.5 Å². The molecule has 3 rings (SSSR count). The van der Waals surface area contributed by atoms with Crippen LogP contribution in [0.1, 0.15) is 31.9 Å². The van der Waals surface area contributed by atoms with Crippen molar-refractivity contribution in [2.45, 2.75) is 32.4 Å². The fourth-order valence-electron chi connectivity index (χ4n) is 3.28. The normalized spacial score (nSPS) is 12.8. The molecule has 5 nitrogen and oxygen atoms in total. The van der Waals surface area contributed by atoms with Gasteiger partial charge in [0.05, 0.1) is 20.3 Å². The molecular weight excluding hydrogens is 366 g/mol. The summed E-state index contributed by atoms with van der Waals surface area (Å²) in [5, 5.41) is 5.28. The number of rotatable bonds is 8. The van der Waals surface area contributed by atoms with Crippen LogP contribution in [0.4, 0.5) is 0 Å². The fraction of sp³-hybridized carbons (Fsp3) is 0.292. The quantitative estimate of drug-likeness (QED) is 0.592. The Morgan fingerprint density at radius 1 is 0.931 bits per heavy atom. The molecule has 0 radical (unpaired) electrons. The third kappa shape index (κ3) is 4.80. The minimum Gasteiger partial charge on any atom is -0.493 e. The van der Waals surface area contributed by atoms with Crippen molar-refractivity contribution in [2.75, 3.05) is 14.2 Å². The average molecular weight is 393 g/mol. The van der Waals surface area contributed by atoms with Gasteiger partial charge in [-0.05, 0) is 53.9 Å². The highest BCUT2D eigenvalue weighted by Crippen LogP contribution is 2.31. The van der Waals surface area contributed by atoms with E-state index in [2.05, 4.69) is 5.32 Å². The molecular formula is C24H27NO4. The van der Waals surface area contributed by atoms with Crippen LogP contribution in [0.25, 0.3) is 10.8 Å². The van der Waals surface area contributed by atoms with Crippen LogP contribution in [0.3, 0.4) is 0 Å². The van der Waals surface area contributed by atoms with Crippen molar-refractivity contribution in [3.05, 3.63) is 66.2 Å². The third-order valence-electron chi connectivity index (χ3n) is 4.94. The zero-order valence-corrected chi connectivity index (χ0v) is 17.3. The summed E-state index contributed by atoms with van der Waals surface area (Å²) in [5.74, 6) is 1.80. The van der Waals surface area contributed by atoms with Gasteiger partial charge in [0, 0.05) is 0 Å². The molecule has 0 aliphatic heterocycles. The Morgan fingerprint density at radius 2 is 1.66 bits per heavy atom. The van der Waals surface area contributed by atoms with Crippen molar-refractivity contribution in [2.24, 2.45) is 0 Å². The predicted octanol–water partition coefficient (Wildman–Crippen LogP) is 4.89. The van der Waals surface area contributed by atoms with E-state index < -0.39 is 6.10 Å². The van der Waals surface area contributed by atoms with Crippen LogP contribution in [0.2, 0.25) is 0 Å². The molecule has 0 aliphatic carbocycles. The van der Waals surface area contributed by atoms with Crippen LogP contribution in [0, 0.1) is 0 Å². The number of carbonyl (C=O) groups is 1. The maximum Gasteiger partial charge on any atom is 0.261 e. The highest BCUT2D eigenvalue weighted by molar-refractivity contribution is 5.84. The number of hydrogen-bond acceptors (Lipinski definition) is 4. The van der Waals surface area contributed by atoms with Crippen LogP contribution in [-0.4, -0.2) is 26.2 Å². The van der Waals surface area contributed by atoms with E-state index >= 15 is 0 Å². The maximum atomic E-state index is 12.7. The van der Waals surface area contributed by atoms with Crippen LogP contribution in [-0.2, 0) is 4.79 Å². The summed E-state index contributed by atoms with van der Waals surface area (Å²) in [6.45, 7) is 3.78. The fourth-order valence-corrected chi connectivity index (χ4v) is 3.28. The summed E-state index contributed by atoms with van der Waals surface area (Å²) in [7, 11) is 3.20. The van der Waals surface area contributed by atoms with Crippen molar-refractivity contribution in [1.29, 1.82) is 0 Å². The lowest BCUT2D eigenvalue weighted by Crippen LogP contribution is -2.38. The van der Waals surface area contributed by atoms with Gasteiger partial charge in [0.2, 0.25) is 0 Å². The first-order valence-corrected chi connectivity index (χ1v) is 9.73. The van der Waals surface area contributed by atoms with Gasteiger partial charge in [-0.25, -0.2) is 0 Å². The Bertz CT molecular complexity index is 986. The van der Waals surface area contributed by atoms with E-state index in [1.807, 2.05) is 67.6 Å². The first-order valence-electron chi connectivity index (χ1n) is 9.73. The highest BCUT2D eigenvalue weighted by atomic mass is 16.5. The van der Waals surface area contributed by atoms with Gasteiger partial charge in [-0.2, -0.15) is 0 Å². The van der Waals surface area contributed by atoms with Gasteiger partial charge < -0.3 is 19.5 Å². The largest absolute Gasteiger partial charge is 0.493 e. The summed E-state index contributed by atoms with van der Waals surface area (Å²) in [5.41, 5.74) is 0.955. The van der Waals surface area contributed by atoms with Crippen molar-refractivity contribution in [1.82, 2.24) is 5.32 Å². The lowest BCUT2D eigenvalue weighted by molar-refractivity contribution is -0.128. The van der Waals surface area contributed by atoms with Crippen LogP contribution >= 0.6 is 0 Å².